The lowest BCUT2D eigenvalue weighted by molar-refractivity contribution is -0.146. The smallest absolute Gasteiger partial charge is 0.326 e. The Labute approximate surface area is 548 Å². The number of carbonyl (C=O) groups excluding carboxylic acids is 10. The quantitative estimate of drug-likeness (QED) is 0.0259. The number of imide groups is 1. The highest BCUT2D eigenvalue weighted by atomic mass is 16.5. The van der Waals surface area contributed by atoms with Gasteiger partial charge in [-0.3, -0.25) is 53.0 Å². The third kappa shape index (κ3) is 23.5. The maximum Gasteiger partial charge on any atom is 0.326 e. The van der Waals surface area contributed by atoms with E-state index in [0.29, 0.717) is 69.3 Å². The number of benzene rings is 2. The number of likely N-dealkylation sites (tertiary alicyclic amines) is 1. The normalized spacial score (nSPS) is 16.8. The van der Waals surface area contributed by atoms with Crippen LogP contribution >= 0.6 is 0 Å². The first-order valence-corrected chi connectivity index (χ1v) is 32.5. The minimum Gasteiger partial charge on any atom is -0.480 e. The molecule has 93 heavy (non-hydrogen) atoms. The fourth-order valence-corrected chi connectivity index (χ4v) is 12.0. The summed E-state index contributed by atoms with van der Waals surface area (Å²) in [6.45, 7) is 20.1. The predicted octanol–water partition coefficient (Wildman–Crippen LogP) is 4.48. The second-order valence-corrected chi connectivity index (χ2v) is 25.4. The van der Waals surface area contributed by atoms with E-state index in [1.54, 1.807) is 69.1 Å². The molecule has 514 valence electrons. The molecule has 2 aliphatic heterocycles. The standard InChI is InChI=1S/C68H103N11O14/c1-14-44(8)60(52(92-12)40-56(83)78-37-22-26-51(78)61(93-13)45(9)62(84)73-50(67(89)90)39-47-23-17-15-18-24-47)77(11)66(88)58(42(4)5)75-65(87)59(43(6)7)76(10)38-34-46-28-30-48(31-29-46)71-63(85)49(25-21-35-70-68(69)91)72-64(86)57(41(2)3)74-53(80)27-19-16-20-36-79-54(81)32-33-55(79)82/h15,17-18,23-24,28-33,41-43,45,49-52,57-61H,8,14,16,19-22,25-27,34-40H2,1-7,9-13H3,(H,71,85)(H,72,86)(H,73,84)(H,74,80)(H,75,87)(H,89,90)(H3,69,70,91)/t45-,49+,50+,51+,52-,57+,58+,59+,60+,61-/m1/s1. The number of carboxylic acids is 1. The number of amides is 11. The molecule has 1 saturated heterocycles. The number of nitrogens with one attached hydrogen (secondary N) is 6. The number of primary amides is 1. The Morgan fingerprint density at radius 1 is 0.720 bits per heavy atom. The molecule has 25 heteroatoms. The molecule has 10 atom stereocenters. The lowest BCUT2D eigenvalue weighted by Crippen LogP contribution is -2.59. The minimum absolute atomic E-state index is 0.0829. The molecule has 25 nitrogen and oxygen atoms in total. The summed E-state index contributed by atoms with van der Waals surface area (Å²) in [6, 6.07) is 9.20. The van der Waals surface area contributed by atoms with Gasteiger partial charge < -0.3 is 62.0 Å². The van der Waals surface area contributed by atoms with Crippen LogP contribution in [0.4, 0.5) is 10.5 Å². The van der Waals surface area contributed by atoms with Crippen molar-refractivity contribution >= 4 is 70.9 Å². The third-order valence-corrected chi connectivity index (χ3v) is 17.4. The Morgan fingerprint density at radius 3 is 1.92 bits per heavy atom. The summed E-state index contributed by atoms with van der Waals surface area (Å²) in [6.07, 6.45) is 4.91. The van der Waals surface area contributed by atoms with Crippen LogP contribution in [-0.4, -0.2) is 199 Å². The van der Waals surface area contributed by atoms with Gasteiger partial charge in [0.25, 0.3) is 11.8 Å². The zero-order valence-electron chi connectivity index (χ0n) is 56.5. The molecule has 2 aliphatic rings. The monoisotopic (exact) mass is 1300 g/mol. The van der Waals surface area contributed by atoms with E-state index >= 15 is 0 Å². The van der Waals surface area contributed by atoms with Crippen molar-refractivity contribution < 1.29 is 67.3 Å². The second kappa shape index (κ2) is 38.2. The van der Waals surface area contributed by atoms with E-state index in [9.17, 15) is 57.8 Å². The van der Waals surface area contributed by atoms with Gasteiger partial charge in [0.05, 0.1) is 42.7 Å². The van der Waals surface area contributed by atoms with Crippen molar-refractivity contribution in [2.75, 3.05) is 59.8 Å². The number of carboxylic acid groups (broad SMARTS) is 1. The molecule has 0 aliphatic carbocycles. The van der Waals surface area contributed by atoms with Crippen LogP contribution < -0.4 is 37.6 Å². The van der Waals surface area contributed by atoms with E-state index in [-0.39, 0.29) is 92.5 Å². The number of nitrogens with two attached hydrogens (primary N) is 1. The van der Waals surface area contributed by atoms with Crippen molar-refractivity contribution in [1.29, 1.82) is 0 Å². The topological polar surface area (TPSA) is 338 Å². The van der Waals surface area contributed by atoms with Crippen LogP contribution in [-0.2, 0) is 70.3 Å². The van der Waals surface area contributed by atoms with Crippen LogP contribution in [0, 0.1) is 23.7 Å². The zero-order valence-corrected chi connectivity index (χ0v) is 56.5. The molecule has 0 radical (unpaired) electrons. The summed E-state index contributed by atoms with van der Waals surface area (Å²) in [4.78, 5) is 152. The van der Waals surface area contributed by atoms with Gasteiger partial charge in [-0.15, -0.1) is 0 Å². The molecular formula is C68H103N11O14. The van der Waals surface area contributed by atoms with Gasteiger partial charge in [0.1, 0.15) is 24.2 Å². The van der Waals surface area contributed by atoms with E-state index in [0.717, 1.165) is 16.0 Å². The Hall–Kier alpha value is -8.03. The molecule has 1 fully saturated rings. The van der Waals surface area contributed by atoms with Crippen molar-refractivity contribution in [3.05, 3.63) is 90.0 Å². The van der Waals surface area contributed by atoms with Crippen LogP contribution in [0.15, 0.2) is 78.9 Å². The largest absolute Gasteiger partial charge is 0.480 e. The highest BCUT2D eigenvalue weighted by Crippen LogP contribution is 2.30. The molecule has 9 N–H and O–H groups in total. The number of hydrogen-bond donors (Lipinski definition) is 8. The summed E-state index contributed by atoms with van der Waals surface area (Å²) in [5.41, 5.74) is 7.97. The van der Waals surface area contributed by atoms with Gasteiger partial charge in [0.15, 0.2) is 0 Å². The second-order valence-electron chi connectivity index (χ2n) is 25.4. The number of nitrogens with zero attached hydrogens (tertiary/aromatic N) is 4. The van der Waals surface area contributed by atoms with Gasteiger partial charge in [-0.05, 0) is 99.4 Å². The first-order valence-electron chi connectivity index (χ1n) is 32.5. The molecule has 11 amide bonds. The molecule has 0 spiro atoms. The van der Waals surface area contributed by atoms with Crippen LogP contribution in [0.3, 0.4) is 0 Å². The van der Waals surface area contributed by atoms with E-state index in [1.807, 2.05) is 64.8 Å². The molecule has 0 unspecified atom stereocenters. The number of unbranched alkanes of at least 4 members (excludes halogenated alkanes) is 2. The highest BCUT2D eigenvalue weighted by molar-refractivity contribution is 6.12. The molecule has 0 aromatic heterocycles. The number of hydrogen-bond acceptors (Lipinski definition) is 14. The summed E-state index contributed by atoms with van der Waals surface area (Å²) in [5.74, 6) is -6.68. The molecule has 2 aromatic carbocycles. The van der Waals surface area contributed by atoms with Crippen LogP contribution in [0.2, 0.25) is 0 Å². The fraction of sp³-hybridized carbons (Fsp3) is 0.603. The highest BCUT2D eigenvalue weighted by Gasteiger charge is 2.43. The number of urea groups is 1. The van der Waals surface area contributed by atoms with Gasteiger partial charge in [-0.1, -0.05) is 116 Å². The van der Waals surface area contributed by atoms with Crippen LogP contribution in [0.5, 0.6) is 0 Å². The maximum atomic E-state index is 14.8. The molecule has 0 saturated carbocycles. The lowest BCUT2D eigenvalue weighted by Gasteiger charge is -2.39. The van der Waals surface area contributed by atoms with Gasteiger partial charge in [-0.25, -0.2) is 9.59 Å². The minimum atomic E-state index is -1.19. The van der Waals surface area contributed by atoms with E-state index in [4.69, 9.17) is 15.2 Å². The van der Waals surface area contributed by atoms with Gasteiger partial charge in [0, 0.05) is 78.1 Å². The Kier molecular flexibility index (Phi) is 31.8. The molecular weight excluding hydrogens is 1190 g/mol. The Morgan fingerprint density at radius 2 is 1.35 bits per heavy atom. The number of aliphatic carboxylic acids is 1. The Balaban J connectivity index is 1.38. The van der Waals surface area contributed by atoms with E-state index in [1.165, 1.54) is 31.3 Å². The number of carbonyl (C=O) groups is 11. The van der Waals surface area contributed by atoms with Gasteiger partial charge in [0.2, 0.25) is 41.4 Å². The fourth-order valence-electron chi connectivity index (χ4n) is 12.0. The number of methoxy groups -OCH3 is 2. The number of anilines is 1. The summed E-state index contributed by atoms with van der Waals surface area (Å²) < 4.78 is 12.0. The molecule has 2 aromatic rings. The lowest BCUT2D eigenvalue weighted by atomic mass is 9.92. The van der Waals surface area contributed by atoms with E-state index < -0.39 is 96.0 Å². The number of ether oxygens (including phenoxy) is 2. The SMILES string of the molecule is C=C(CC)[C@@H]([C@@H](CC(=O)N1CCC[C@H]1[C@H](OC)[C@@H](C)C(=O)N[C@@H](Cc1ccccc1)C(=O)O)OC)N(C)C(=O)[C@@H](NC(=O)[C@H](C(C)C)N(C)CCc1ccc(NC(=O)[C@H](CCCNC(N)=O)NC(=O)[C@@H](NC(=O)CCCCCN2C(=O)C=CC2=O)C(C)C)cc1)C(C)C. The number of likely N-dealkylation sites (N-methyl/N-ethyl adjacent to an activating group) is 2. The van der Waals surface area contributed by atoms with Crippen molar-refractivity contribution in [3.63, 3.8) is 0 Å². The first kappa shape index (κ1) is 77.4. The van der Waals surface area contributed by atoms with E-state index in [2.05, 4.69) is 38.5 Å². The first-order chi connectivity index (χ1) is 44.0. The van der Waals surface area contributed by atoms with Crippen molar-refractivity contribution in [2.24, 2.45) is 29.4 Å². The van der Waals surface area contributed by atoms with Crippen molar-refractivity contribution in [3.8, 4) is 0 Å². The van der Waals surface area contributed by atoms with Crippen LogP contribution in [0.25, 0.3) is 0 Å². The van der Waals surface area contributed by atoms with Crippen molar-refractivity contribution in [2.45, 2.75) is 187 Å². The predicted molar refractivity (Wildman–Crippen MR) is 352 cm³/mol. The maximum absolute atomic E-state index is 14.8. The summed E-state index contributed by atoms with van der Waals surface area (Å²) in [5, 5.41) is 26.7. The summed E-state index contributed by atoms with van der Waals surface area (Å²) >= 11 is 0. The number of rotatable bonds is 40. The van der Waals surface area contributed by atoms with Crippen molar-refractivity contribution in [1.82, 2.24) is 46.2 Å². The average Bonchev–Trinajstić information content (AvgIpc) is 1.83. The third-order valence-electron chi connectivity index (χ3n) is 17.4. The zero-order chi connectivity index (χ0) is 69.2. The molecule has 4 rings (SSSR count). The van der Waals surface area contributed by atoms with Crippen LogP contribution in [0.1, 0.15) is 131 Å². The molecule has 2 heterocycles. The Bertz CT molecular complexity index is 2890. The summed E-state index contributed by atoms with van der Waals surface area (Å²) in [7, 11) is 6.39. The van der Waals surface area contributed by atoms with Gasteiger partial charge >= 0.3 is 12.0 Å². The average molecular weight is 1300 g/mol. The van der Waals surface area contributed by atoms with Gasteiger partial charge in [-0.2, -0.15) is 0 Å². The molecule has 0 bridgehead atoms.